The number of anilines is 3. The molecule has 0 N–H and O–H groups in total. The Morgan fingerprint density at radius 3 is 1.70 bits per heavy atom. The summed E-state index contributed by atoms with van der Waals surface area (Å²) in [5, 5.41) is 2.65. The van der Waals surface area contributed by atoms with Crippen LogP contribution in [0.5, 0.6) is 0 Å². The molecule has 2 aliphatic rings. The van der Waals surface area contributed by atoms with Crippen molar-refractivity contribution in [2.75, 3.05) is 4.90 Å². The summed E-state index contributed by atoms with van der Waals surface area (Å²) in [5.74, 6) is 0. The summed E-state index contributed by atoms with van der Waals surface area (Å²) in [6, 6.07) is 79.0. The van der Waals surface area contributed by atoms with Gasteiger partial charge < -0.3 is 4.90 Å². The van der Waals surface area contributed by atoms with Crippen LogP contribution < -0.4 is 4.90 Å². The van der Waals surface area contributed by atoms with Crippen molar-refractivity contribution in [3.8, 4) is 55.6 Å². The first-order chi connectivity index (χ1) is 30.2. The molecular formula is C59H43NS. The lowest BCUT2D eigenvalue weighted by molar-refractivity contribution is 0.550. The molecule has 0 radical (unpaired) electrons. The topological polar surface area (TPSA) is 3.24 Å². The first-order valence-corrected chi connectivity index (χ1v) is 22.5. The van der Waals surface area contributed by atoms with Crippen molar-refractivity contribution in [3.05, 3.63) is 223 Å². The Labute approximate surface area is 361 Å². The minimum Gasteiger partial charge on any atom is -0.309 e. The van der Waals surface area contributed by atoms with E-state index < -0.39 is 0 Å². The van der Waals surface area contributed by atoms with E-state index in [4.69, 9.17) is 0 Å². The second-order valence-electron chi connectivity index (χ2n) is 16.7. The van der Waals surface area contributed by atoms with Gasteiger partial charge in [-0.1, -0.05) is 183 Å². The summed E-state index contributed by atoms with van der Waals surface area (Å²) in [7, 11) is 0. The normalized spacial score (nSPS) is 13.8. The van der Waals surface area contributed by atoms with Gasteiger partial charge in [0.05, 0.1) is 11.4 Å². The fourth-order valence-electron chi connectivity index (χ4n) is 10.7. The zero-order valence-electron chi connectivity index (χ0n) is 33.9. The molecule has 1 heterocycles. The minimum absolute atomic E-state index is 0.0647. The van der Waals surface area contributed by atoms with Crippen LogP contribution in [0.4, 0.5) is 17.1 Å². The summed E-state index contributed by atoms with van der Waals surface area (Å²) in [6.07, 6.45) is 4.92. The highest BCUT2D eigenvalue weighted by atomic mass is 32.1. The van der Waals surface area contributed by atoms with Gasteiger partial charge in [-0.25, -0.2) is 0 Å². The van der Waals surface area contributed by atoms with E-state index in [0.29, 0.717) is 0 Å². The number of hydrogen-bond acceptors (Lipinski definition) is 2. The van der Waals surface area contributed by atoms with Crippen molar-refractivity contribution in [2.24, 2.45) is 0 Å². The van der Waals surface area contributed by atoms with Gasteiger partial charge in [0.1, 0.15) is 0 Å². The molecule has 10 aromatic rings. The second-order valence-corrected chi connectivity index (χ2v) is 17.8. The zero-order valence-corrected chi connectivity index (χ0v) is 34.7. The molecule has 1 saturated carbocycles. The van der Waals surface area contributed by atoms with E-state index in [1.807, 2.05) is 11.3 Å². The van der Waals surface area contributed by atoms with E-state index in [0.717, 1.165) is 11.4 Å². The maximum absolute atomic E-state index is 2.55. The predicted octanol–water partition coefficient (Wildman–Crippen LogP) is 17.0. The first kappa shape index (κ1) is 35.9. The average molecular weight is 798 g/mol. The van der Waals surface area contributed by atoms with Gasteiger partial charge in [0.15, 0.2) is 0 Å². The number of benzene rings is 9. The molecule has 1 nitrogen and oxygen atoms in total. The highest BCUT2D eigenvalue weighted by molar-refractivity contribution is 7.25. The van der Waals surface area contributed by atoms with Crippen molar-refractivity contribution >= 4 is 48.6 Å². The number of fused-ring (bicyclic) bond motifs is 8. The van der Waals surface area contributed by atoms with Crippen LogP contribution in [0.25, 0.3) is 75.8 Å². The molecule has 0 amide bonds. The van der Waals surface area contributed by atoms with Gasteiger partial charge in [-0.2, -0.15) is 0 Å². The van der Waals surface area contributed by atoms with E-state index in [-0.39, 0.29) is 5.41 Å². The smallest absolute Gasteiger partial charge is 0.0543 e. The Kier molecular flexibility index (Phi) is 8.61. The Balaban J connectivity index is 1.06. The van der Waals surface area contributed by atoms with Crippen LogP contribution in [-0.2, 0) is 5.41 Å². The molecule has 1 aromatic heterocycles. The minimum atomic E-state index is 0.0647. The van der Waals surface area contributed by atoms with Gasteiger partial charge in [-0.3, -0.25) is 0 Å². The van der Waals surface area contributed by atoms with Crippen LogP contribution in [-0.4, -0.2) is 0 Å². The third-order valence-corrected chi connectivity index (χ3v) is 14.6. The zero-order chi connectivity index (χ0) is 40.3. The van der Waals surface area contributed by atoms with Gasteiger partial charge in [0, 0.05) is 42.4 Å². The van der Waals surface area contributed by atoms with Crippen LogP contribution in [0.3, 0.4) is 0 Å². The summed E-state index contributed by atoms with van der Waals surface area (Å²) in [6.45, 7) is 0. The molecule has 0 aliphatic heterocycles. The van der Waals surface area contributed by atoms with E-state index in [1.165, 1.54) is 118 Å². The van der Waals surface area contributed by atoms with Crippen molar-refractivity contribution in [1.82, 2.24) is 0 Å². The number of hydrogen-bond donors (Lipinski definition) is 0. The lowest BCUT2D eigenvalue weighted by atomic mass is 9.77. The van der Waals surface area contributed by atoms with Crippen molar-refractivity contribution < 1.29 is 0 Å². The standard InChI is InChI=1S/C59H43NS/c1-2-17-41(18-3-1)44-19-4-5-20-45(44)46-21-6-7-22-47(46)48-23-9-12-28-54(48)60(55-29-16-27-53-58(55)50-25-8-11-26-52(50)59(53)37-14-15-38-59)43-34-31-40(32-35-43)42-33-36-57-51(39-42)49-24-10-13-30-56(49)61-57/h1-13,16-36,39H,14-15,37-38H2. The summed E-state index contributed by atoms with van der Waals surface area (Å²) in [5.41, 5.74) is 19.1. The van der Waals surface area contributed by atoms with Crippen LogP contribution >= 0.6 is 11.3 Å². The highest BCUT2D eigenvalue weighted by Gasteiger charge is 2.46. The molecule has 9 aromatic carbocycles. The molecule has 0 bridgehead atoms. The number of nitrogens with zero attached hydrogens (tertiary/aromatic N) is 1. The van der Waals surface area contributed by atoms with E-state index in [2.05, 4.69) is 217 Å². The lowest BCUT2D eigenvalue weighted by Crippen LogP contribution is -2.20. The van der Waals surface area contributed by atoms with Crippen molar-refractivity contribution in [1.29, 1.82) is 0 Å². The number of rotatable bonds is 7. The molecule has 0 atom stereocenters. The fraction of sp³-hybridized carbons (Fsp3) is 0.0847. The Morgan fingerprint density at radius 2 is 0.918 bits per heavy atom. The van der Waals surface area contributed by atoms with E-state index >= 15 is 0 Å². The van der Waals surface area contributed by atoms with E-state index in [9.17, 15) is 0 Å². The van der Waals surface area contributed by atoms with Crippen LogP contribution in [0, 0.1) is 0 Å². The van der Waals surface area contributed by atoms with Gasteiger partial charge >= 0.3 is 0 Å². The molecule has 61 heavy (non-hydrogen) atoms. The van der Waals surface area contributed by atoms with Crippen molar-refractivity contribution in [3.63, 3.8) is 0 Å². The Hall–Kier alpha value is -7.00. The van der Waals surface area contributed by atoms with Gasteiger partial charge in [0.2, 0.25) is 0 Å². The fourth-order valence-corrected chi connectivity index (χ4v) is 11.8. The number of para-hydroxylation sites is 1. The van der Waals surface area contributed by atoms with Gasteiger partial charge in [-0.05, 0) is 111 Å². The Morgan fingerprint density at radius 1 is 0.361 bits per heavy atom. The van der Waals surface area contributed by atoms with E-state index in [1.54, 1.807) is 0 Å². The third kappa shape index (κ3) is 5.81. The summed E-state index contributed by atoms with van der Waals surface area (Å²) >= 11 is 1.87. The van der Waals surface area contributed by atoms with Crippen molar-refractivity contribution in [2.45, 2.75) is 31.1 Å². The van der Waals surface area contributed by atoms with Gasteiger partial charge in [0.25, 0.3) is 0 Å². The van der Waals surface area contributed by atoms with Crippen LogP contribution in [0.2, 0.25) is 0 Å². The molecule has 12 rings (SSSR count). The molecule has 2 aliphatic carbocycles. The maximum atomic E-state index is 2.55. The number of thiophene rings is 1. The highest BCUT2D eigenvalue weighted by Crippen LogP contribution is 2.60. The average Bonchev–Trinajstić information content (AvgIpc) is 4.05. The molecule has 0 saturated heterocycles. The maximum Gasteiger partial charge on any atom is 0.0543 e. The molecule has 2 heteroatoms. The van der Waals surface area contributed by atoms with Gasteiger partial charge in [-0.15, -0.1) is 11.3 Å². The lowest BCUT2D eigenvalue weighted by Gasteiger charge is -2.31. The molecule has 290 valence electrons. The SMILES string of the molecule is c1ccc(-c2ccccc2-c2ccccc2-c2ccccc2N(c2ccc(-c3ccc4sc5ccccc5c4c3)cc2)c2cccc3c2-c2ccccc2C32CCCC2)cc1. The monoisotopic (exact) mass is 797 g/mol. The molecule has 0 unspecified atom stereocenters. The van der Waals surface area contributed by atoms with Crippen LogP contribution in [0.15, 0.2) is 212 Å². The largest absolute Gasteiger partial charge is 0.309 e. The first-order valence-electron chi connectivity index (χ1n) is 21.6. The molecular weight excluding hydrogens is 755 g/mol. The van der Waals surface area contributed by atoms with Crippen LogP contribution in [0.1, 0.15) is 36.8 Å². The summed E-state index contributed by atoms with van der Waals surface area (Å²) in [4.78, 5) is 2.55. The third-order valence-electron chi connectivity index (χ3n) is 13.5. The summed E-state index contributed by atoms with van der Waals surface area (Å²) < 4.78 is 2.66. The second kappa shape index (κ2) is 14.6. The predicted molar refractivity (Wildman–Crippen MR) is 260 cm³/mol. The Bertz CT molecular complexity index is 3260. The quantitative estimate of drug-likeness (QED) is 0.155. The molecule has 1 fully saturated rings. The molecule has 1 spiro atoms.